The second-order valence-electron chi connectivity index (χ2n) is 7.93. The molecule has 0 bridgehead atoms. The molecule has 1 aromatic rings. The normalized spacial score (nSPS) is 19.4. The Labute approximate surface area is 182 Å². The van der Waals surface area contributed by atoms with Crippen molar-refractivity contribution in [2.24, 2.45) is 0 Å². The van der Waals surface area contributed by atoms with Gasteiger partial charge in [-0.2, -0.15) is 5.12 Å². The van der Waals surface area contributed by atoms with Crippen LogP contribution in [0.3, 0.4) is 0 Å². The summed E-state index contributed by atoms with van der Waals surface area (Å²) in [5.41, 5.74) is 1.60. The molecule has 7 nitrogen and oxygen atoms in total. The summed E-state index contributed by atoms with van der Waals surface area (Å²) >= 11 is 6.55. The molecule has 1 amide bonds. The van der Waals surface area contributed by atoms with Gasteiger partial charge in [-0.3, -0.25) is 9.69 Å². The second kappa shape index (κ2) is 10.9. The van der Waals surface area contributed by atoms with Gasteiger partial charge in [0.25, 0.3) is 5.91 Å². The molecular formula is C21H31ClFN5O2. The van der Waals surface area contributed by atoms with Crippen molar-refractivity contribution in [1.82, 2.24) is 15.3 Å². The van der Waals surface area contributed by atoms with Crippen molar-refractivity contribution in [3.63, 3.8) is 0 Å². The maximum atomic E-state index is 13.3. The zero-order valence-electron chi connectivity index (χ0n) is 17.4. The first kappa shape index (κ1) is 22.8. The third-order valence-electron chi connectivity index (χ3n) is 5.94. The molecule has 3 rings (SSSR count). The molecule has 2 N–H and O–H groups in total. The van der Waals surface area contributed by atoms with Crippen molar-refractivity contribution < 1.29 is 14.1 Å². The molecule has 2 fully saturated rings. The predicted octanol–water partition coefficient (Wildman–Crippen LogP) is 2.32. The van der Waals surface area contributed by atoms with Gasteiger partial charge in [-0.15, -0.1) is 0 Å². The quantitative estimate of drug-likeness (QED) is 0.478. The van der Waals surface area contributed by atoms with Crippen LogP contribution in [0.15, 0.2) is 18.2 Å². The number of nitrogens with one attached hydrogen (secondary N) is 2. The minimum Gasteiger partial charge on any atom is -0.374 e. The van der Waals surface area contributed by atoms with Gasteiger partial charge >= 0.3 is 0 Å². The maximum absolute atomic E-state index is 13.3. The van der Waals surface area contributed by atoms with Crippen molar-refractivity contribution in [2.45, 2.75) is 37.8 Å². The van der Waals surface area contributed by atoms with Gasteiger partial charge in [-0.05, 0) is 37.5 Å². The highest BCUT2D eigenvalue weighted by atomic mass is 35.5. The average molecular weight is 440 g/mol. The molecule has 1 aromatic carbocycles. The van der Waals surface area contributed by atoms with Crippen LogP contribution in [0.2, 0.25) is 5.02 Å². The maximum Gasteiger partial charge on any atom is 0.272 e. The molecule has 9 heteroatoms. The van der Waals surface area contributed by atoms with Crippen LogP contribution in [0.5, 0.6) is 0 Å². The van der Waals surface area contributed by atoms with Gasteiger partial charge in [-0.25, -0.2) is 0 Å². The van der Waals surface area contributed by atoms with Crippen LogP contribution in [0.4, 0.5) is 15.9 Å². The lowest BCUT2D eigenvalue weighted by Crippen LogP contribution is -2.52. The van der Waals surface area contributed by atoms with E-state index in [9.17, 15) is 14.1 Å². The molecule has 2 saturated heterocycles. The van der Waals surface area contributed by atoms with Gasteiger partial charge in [0.1, 0.15) is 12.3 Å². The number of hydrogen-bond donors (Lipinski definition) is 2. The Bertz CT molecular complexity index is 721. The summed E-state index contributed by atoms with van der Waals surface area (Å²) in [5, 5.41) is 7.05. The van der Waals surface area contributed by atoms with Crippen molar-refractivity contribution >= 4 is 35.2 Å². The standard InChI is InChI=1S/C21H31ClFN5O2/c1-26(23)21(30)19(3-2-14-29)25-16-4-5-20(18(22)15-16)28-10-6-17(7-11-28)27-12-8-24-9-13-27/h4-5,14-15,17,19,24-25H,2-3,6-13H2,1H3. The van der Waals surface area contributed by atoms with Crippen LogP contribution in [-0.4, -0.2) is 80.6 Å². The zero-order chi connectivity index (χ0) is 21.5. The number of carbonyl (C=O) groups excluding carboxylic acids is 2. The fourth-order valence-corrected chi connectivity index (χ4v) is 4.58. The Kier molecular flexibility index (Phi) is 8.30. The largest absolute Gasteiger partial charge is 0.374 e. The number of hydrogen-bond acceptors (Lipinski definition) is 6. The number of anilines is 2. The summed E-state index contributed by atoms with van der Waals surface area (Å²) in [7, 11) is 1.05. The number of aldehydes is 1. The van der Waals surface area contributed by atoms with Crippen LogP contribution in [0.25, 0.3) is 0 Å². The minimum atomic E-state index is -0.818. The molecule has 0 spiro atoms. The molecule has 2 aliphatic rings. The van der Waals surface area contributed by atoms with E-state index in [1.54, 1.807) is 6.07 Å². The third kappa shape index (κ3) is 5.83. The Morgan fingerprint density at radius 1 is 1.33 bits per heavy atom. The number of piperidine rings is 1. The second-order valence-corrected chi connectivity index (χ2v) is 8.33. The molecule has 1 unspecified atom stereocenters. The van der Waals surface area contributed by atoms with E-state index in [1.165, 1.54) is 0 Å². The first-order chi connectivity index (χ1) is 14.5. The molecular weight excluding hydrogens is 409 g/mol. The van der Waals surface area contributed by atoms with Crippen LogP contribution in [0, 0.1) is 0 Å². The molecule has 0 aliphatic carbocycles. The predicted molar refractivity (Wildman–Crippen MR) is 118 cm³/mol. The molecule has 1 atom stereocenters. The summed E-state index contributed by atoms with van der Waals surface area (Å²) in [6, 6.07) is 5.37. The van der Waals surface area contributed by atoms with E-state index in [0.29, 0.717) is 16.8 Å². The van der Waals surface area contributed by atoms with Gasteiger partial charge in [0.15, 0.2) is 0 Å². The Morgan fingerprint density at radius 3 is 2.63 bits per heavy atom. The molecule has 2 aliphatic heterocycles. The van der Waals surface area contributed by atoms with Crippen molar-refractivity contribution in [3.05, 3.63) is 23.2 Å². The highest BCUT2D eigenvalue weighted by molar-refractivity contribution is 6.33. The first-order valence-corrected chi connectivity index (χ1v) is 11.0. The van der Waals surface area contributed by atoms with E-state index in [0.717, 1.165) is 71.1 Å². The molecule has 0 saturated carbocycles. The lowest BCUT2D eigenvalue weighted by molar-refractivity contribution is -0.144. The Hall–Kier alpha value is -1.90. The number of halogens is 2. The number of likely N-dealkylation sites (N-methyl/N-ethyl adjacent to an activating group) is 1. The van der Waals surface area contributed by atoms with Crippen molar-refractivity contribution in [2.75, 3.05) is 56.5 Å². The number of piperazine rings is 1. The summed E-state index contributed by atoms with van der Waals surface area (Å²) in [6.07, 6.45) is 3.34. The molecule has 2 heterocycles. The summed E-state index contributed by atoms with van der Waals surface area (Å²) in [5.74, 6) is -0.716. The van der Waals surface area contributed by atoms with Gasteiger partial charge < -0.3 is 20.3 Å². The van der Waals surface area contributed by atoms with Gasteiger partial charge in [0.2, 0.25) is 0 Å². The molecule has 30 heavy (non-hydrogen) atoms. The SMILES string of the molecule is CN(F)C(=O)C(CCC=O)Nc1ccc(N2CCC(N3CCNCC3)CC2)c(Cl)c1. The summed E-state index contributed by atoms with van der Waals surface area (Å²) in [6.45, 7) is 6.26. The van der Waals surface area contributed by atoms with Crippen molar-refractivity contribution in [1.29, 1.82) is 0 Å². The highest BCUT2D eigenvalue weighted by Crippen LogP contribution is 2.32. The fraction of sp³-hybridized carbons (Fsp3) is 0.619. The van der Waals surface area contributed by atoms with Crippen LogP contribution in [-0.2, 0) is 9.59 Å². The Balaban J connectivity index is 1.60. The van der Waals surface area contributed by atoms with E-state index in [1.807, 2.05) is 12.1 Å². The monoisotopic (exact) mass is 439 g/mol. The van der Waals surface area contributed by atoms with E-state index in [4.69, 9.17) is 11.6 Å². The molecule has 0 aromatic heterocycles. The van der Waals surface area contributed by atoms with Gasteiger partial charge in [0.05, 0.1) is 10.7 Å². The van der Waals surface area contributed by atoms with E-state index in [2.05, 4.69) is 20.4 Å². The first-order valence-electron chi connectivity index (χ1n) is 10.6. The fourth-order valence-electron chi connectivity index (χ4n) is 4.28. The van der Waals surface area contributed by atoms with Crippen LogP contribution in [0.1, 0.15) is 25.7 Å². The van der Waals surface area contributed by atoms with Crippen molar-refractivity contribution in [3.8, 4) is 0 Å². The highest BCUT2D eigenvalue weighted by Gasteiger charge is 2.27. The third-order valence-corrected chi connectivity index (χ3v) is 6.24. The van der Waals surface area contributed by atoms with Crippen LogP contribution < -0.4 is 15.5 Å². The Morgan fingerprint density at radius 2 is 2.03 bits per heavy atom. The number of amides is 1. The minimum absolute atomic E-state index is 0.0427. The lowest BCUT2D eigenvalue weighted by Gasteiger charge is -2.41. The summed E-state index contributed by atoms with van der Waals surface area (Å²) < 4.78 is 13.3. The zero-order valence-corrected chi connectivity index (χ0v) is 18.2. The van der Waals surface area contributed by atoms with E-state index >= 15 is 0 Å². The number of carbonyl (C=O) groups is 2. The van der Waals surface area contributed by atoms with Crippen LogP contribution >= 0.6 is 11.6 Å². The smallest absolute Gasteiger partial charge is 0.272 e. The molecule has 0 radical (unpaired) electrons. The summed E-state index contributed by atoms with van der Waals surface area (Å²) in [4.78, 5) is 27.6. The van der Waals surface area contributed by atoms with Gasteiger partial charge in [-0.1, -0.05) is 16.1 Å². The number of benzene rings is 1. The average Bonchev–Trinajstić information content (AvgIpc) is 2.77. The van der Waals surface area contributed by atoms with E-state index in [-0.39, 0.29) is 18.0 Å². The lowest BCUT2D eigenvalue weighted by atomic mass is 10.0. The topological polar surface area (TPSA) is 67.9 Å². The van der Waals surface area contributed by atoms with E-state index < -0.39 is 11.9 Å². The number of rotatable bonds is 8. The molecule has 166 valence electrons. The van der Waals surface area contributed by atoms with Gasteiger partial charge in [0, 0.05) is 64.5 Å². The number of nitrogens with zero attached hydrogens (tertiary/aromatic N) is 3.